The van der Waals surface area contributed by atoms with E-state index in [0.717, 1.165) is 49.6 Å². The van der Waals surface area contributed by atoms with Crippen LogP contribution in [0.4, 0.5) is 5.69 Å². The van der Waals surface area contributed by atoms with Crippen LogP contribution in [0.25, 0.3) is 0 Å². The summed E-state index contributed by atoms with van der Waals surface area (Å²) in [6.45, 7) is 3.15. The van der Waals surface area contributed by atoms with Crippen molar-refractivity contribution in [2.75, 3.05) is 31.1 Å². The number of likely N-dealkylation sites (tertiary alicyclic amines) is 1. The predicted molar refractivity (Wildman–Crippen MR) is 94.6 cm³/mol. The number of pyridine rings is 1. The number of carbonyl (C=O) groups is 1. The van der Waals surface area contributed by atoms with Gasteiger partial charge in [-0.15, -0.1) is 11.3 Å². The highest BCUT2D eigenvalue weighted by Crippen LogP contribution is 2.28. The van der Waals surface area contributed by atoms with Crippen molar-refractivity contribution < 1.29 is 9.53 Å². The molecule has 0 N–H and O–H groups in total. The van der Waals surface area contributed by atoms with Crippen molar-refractivity contribution in [1.29, 1.82) is 0 Å². The van der Waals surface area contributed by atoms with Gasteiger partial charge in [-0.1, -0.05) is 6.07 Å². The summed E-state index contributed by atoms with van der Waals surface area (Å²) in [5.74, 6) is 0.150. The minimum atomic E-state index is 0.150. The third-order valence-electron chi connectivity index (χ3n) is 4.87. The van der Waals surface area contributed by atoms with E-state index in [0.29, 0.717) is 6.04 Å². The minimum Gasteiger partial charge on any atom is -0.374 e. The second kappa shape index (κ2) is 6.91. The number of thiophene rings is 1. The zero-order valence-corrected chi connectivity index (χ0v) is 14.3. The first-order valence-electron chi connectivity index (χ1n) is 8.44. The fourth-order valence-corrected chi connectivity index (χ4v) is 4.37. The first kappa shape index (κ1) is 15.6. The van der Waals surface area contributed by atoms with Gasteiger partial charge in [0.05, 0.1) is 35.5 Å². The standard InChI is InChI=1S/C18H21N3O2S/c22-18(17-4-2-12-24-17)20-8-5-15-16(6-9-20)23-11-10-21(15)14-3-1-7-19-13-14/h1-4,7,12-13,15-16H,5-6,8-11H2/t15-,16-/m1/s1. The lowest BCUT2D eigenvalue weighted by Crippen LogP contribution is -2.51. The number of ether oxygens (including phenoxy) is 1. The van der Waals surface area contributed by atoms with Crippen LogP contribution in [0.1, 0.15) is 22.5 Å². The smallest absolute Gasteiger partial charge is 0.263 e. The number of rotatable bonds is 2. The van der Waals surface area contributed by atoms with Crippen molar-refractivity contribution in [3.63, 3.8) is 0 Å². The zero-order valence-electron chi connectivity index (χ0n) is 13.5. The molecule has 0 radical (unpaired) electrons. The Hall–Kier alpha value is -1.92. The van der Waals surface area contributed by atoms with Crippen LogP contribution in [0.5, 0.6) is 0 Å². The van der Waals surface area contributed by atoms with E-state index in [9.17, 15) is 4.79 Å². The van der Waals surface area contributed by atoms with Gasteiger partial charge in [-0.25, -0.2) is 0 Å². The SMILES string of the molecule is O=C(c1cccs1)N1CC[C@@H]2[C@@H](CC1)OCCN2c1cccnc1. The van der Waals surface area contributed by atoms with Gasteiger partial charge in [-0.05, 0) is 36.4 Å². The van der Waals surface area contributed by atoms with Crippen molar-refractivity contribution in [2.24, 2.45) is 0 Å². The zero-order chi connectivity index (χ0) is 16.4. The molecule has 4 rings (SSSR count). The number of nitrogens with zero attached hydrogens (tertiary/aromatic N) is 3. The summed E-state index contributed by atoms with van der Waals surface area (Å²) >= 11 is 1.51. The van der Waals surface area contributed by atoms with Crippen molar-refractivity contribution in [3.8, 4) is 0 Å². The number of hydrogen-bond acceptors (Lipinski definition) is 5. The number of fused-ring (bicyclic) bond motifs is 1. The minimum absolute atomic E-state index is 0.150. The molecular formula is C18H21N3O2S. The van der Waals surface area contributed by atoms with Crippen LogP contribution in [-0.2, 0) is 4.74 Å². The average Bonchev–Trinajstić information content (AvgIpc) is 3.08. The largest absolute Gasteiger partial charge is 0.374 e. The van der Waals surface area contributed by atoms with E-state index in [-0.39, 0.29) is 12.0 Å². The molecule has 2 aliphatic rings. The number of aromatic nitrogens is 1. The summed E-state index contributed by atoms with van der Waals surface area (Å²) in [6, 6.07) is 8.23. The fraction of sp³-hybridized carbons (Fsp3) is 0.444. The van der Waals surface area contributed by atoms with Crippen LogP contribution in [0, 0.1) is 0 Å². The van der Waals surface area contributed by atoms with E-state index in [1.807, 2.05) is 34.7 Å². The summed E-state index contributed by atoms with van der Waals surface area (Å²) in [4.78, 5) is 22.1. The number of hydrogen-bond donors (Lipinski definition) is 0. The first-order valence-corrected chi connectivity index (χ1v) is 9.32. The summed E-state index contributed by atoms with van der Waals surface area (Å²) in [6.07, 6.45) is 5.72. The maximum Gasteiger partial charge on any atom is 0.263 e. The number of morpholine rings is 1. The Morgan fingerprint density at radius 1 is 1.21 bits per heavy atom. The average molecular weight is 343 g/mol. The molecule has 0 unspecified atom stereocenters. The molecule has 5 nitrogen and oxygen atoms in total. The van der Waals surface area contributed by atoms with Crippen molar-refractivity contribution in [2.45, 2.75) is 25.0 Å². The predicted octanol–water partition coefficient (Wildman–Crippen LogP) is 2.65. The second-order valence-electron chi connectivity index (χ2n) is 6.23. The van der Waals surface area contributed by atoms with Crippen LogP contribution < -0.4 is 4.90 Å². The first-order chi connectivity index (χ1) is 11.8. The van der Waals surface area contributed by atoms with E-state index in [4.69, 9.17) is 4.74 Å². The lowest BCUT2D eigenvalue weighted by atomic mass is 10.0. The highest BCUT2D eigenvalue weighted by molar-refractivity contribution is 7.12. The molecule has 24 heavy (non-hydrogen) atoms. The van der Waals surface area contributed by atoms with Gasteiger partial charge in [0.25, 0.3) is 5.91 Å². The quantitative estimate of drug-likeness (QED) is 0.841. The van der Waals surface area contributed by atoms with Gasteiger partial charge in [0.1, 0.15) is 0 Å². The normalized spacial score (nSPS) is 24.3. The molecule has 2 aromatic heterocycles. The van der Waals surface area contributed by atoms with Crippen LogP contribution in [-0.4, -0.2) is 54.2 Å². The molecule has 4 heterocycles. The van der Waals surface area contributed by atoms with Crippen LogP contribution in [0.15, 0.2) is 42.0 Å². The fourth-order valence-electron chi connectivity index (χ4n) is 3.68. The Balaban J connectivity index is 1.51. The van der Waals surface area contributed by atoms with Gasteiger partial charge < -0.3 is 14.5 Å². The van der Waals surface area contributed by atoms with Gasteiger partial charge >= 0.3 is 0 Å². The Morgan fingerprint density at radius 3 is 2.92 bits per heavy atom. The Bertz CT molecular complexity index is 677. The summed E-state index contributed by atoms with van der Waals surface area (Å²) < 4.78 is 6.03. The Morgan fingerprint density at radius 2 is 2.12 bits per heavy atom. The second-order valence-corrected chi connectivity index (χ2v) is 7.18. The van der Waals surface area contributed by atoms with Gasteiger partial charge in [0, 0.05) is 25.8 Å². The van der Waals surface area contributed by atoms with Crippen molar-refractivity contribution in [1.82, 2.24) is 9.88 Å². The van der Waals surface area contributed by atoms with Crippen LogP contribution in [0.3, 0.4) is 0 Å². The molecule has 2 aromatic rings. The molecule has 0 aromatic carbocycles. The van der Waals surface area contributed by atoms with Gasteiger partial charge in [-0.3, -0.25) is 9.78 Å². The molecule has 1 amide bonds. The van der Waals surface area contributed by atoms with E-state index >= 15 is 0 Å². The molecule has 6 heteroatoms. The third kappa shape index (κ3) is 3.03. The Labute approximate surface area is 145 Å². The highest BCUT2D eigenvalue weighted by atomic mass is 32.1. The van der Waals surface area contributed by atoms with E-state index in [1.54, 1.807) is 6.20 Å². The lowest BCUT2D eigenvalue weighted by Gasteiger charge is -2.41. The molecule has 126 valence electrons. The molecular weight excluding hydrogens is 322 g/mol. The van der Waals surface area contributed by atoms with Crippen molar-refractivity contribution in [3.05, 3.63) is 46.9 Å². The van der Waals surface area contributed by atoms with Crippen LogP contribution in [0.2, 0.25) is 0 Å². The topological polar surface area (TPSA) is 45.7 Å². The third-order valence-corrected chi connectivity index (χ3v) is 5.73. The molecule has 0 spiro atoms. The van der Waals surface area contributed by atoms with Crippen molar-refractivity contribution >= 4 is 22.9 Å². The lowest BCUT2D eigenvalue weighted by molar-refractivity contribution is 0.00908. The van der Waals surface area contributed by atoms with Gasteiger partial charge in [0.2, 0.25) is 0 Å². The van der Waals surface area contributed by atoms with Gasteiger partial charge in [-0.2, -0.15) is 0 Å². The van der Waals surface area contributed by atoms with Crippen LogP contribution >= 0.6 is 11.3 Å². The molecule has 0 aliphatic carbocycles. The van der Waals surface area contributed by atoms with Gasteiger partial charge in [0.15, 0.2) is 0 Å². The maximum atomic E-state index is 12.6. The number of anilines is 1. The molecule has 2 atom stereocenters. The maximum absolute atomic E-state index is 12.6. The monoisotopic (exact) mass is 343 g/mol. The highest BCUT2D eigenvalue weighted by Gasteiger charge is 2.36. The summed E-state index contributed by atoms with van der Waals surface area (Å²) in [5.41, 5.74) is 1.15. The summed E-state index contributed by atoms with van der Waals surface area (Å²) in [7, 11) is 0. The van der Waals surface area contributed by atoms with E-state index < -0.39 is 0 Å². The number of amides is 1. The molecule has 0 saturated carbocycles. The molecule has 2 aliphatic heterocycles. The Kier molecular flexibility index (Phi) is 4.49. The van der Waals surface area contributed by atoms with E-state index in [1.165, 1.54) is 11.3 Å². The molecule has 2 saturated heterocycles. The number of carbonyl (C=O) groups excluding carboxylic acids is 1. The molecule has 2 fully saturated rings. The van der Waals surface area contributed by atoms with E-state index in [2.05, 4.69) is 16.0 Å². The summed E-state index contributed by atoms with van der Waals surface area (Å²) in [5, 5.41) is 1.96. The molecule has 0 bridgehead atoms.